The first-order valence-electron chi connectivity index (χ1n) is 8.12. The largest absolute Gasteiger partial charge is 0.303 e. The highest BCUT2D eigenvalue weighted by Gasteiger charge is 2.31. The van der Waals surface area contributed by atoms with Crippen molar-refractivity contribution in [2.75, 3.05) is 19.6 Å². The average molecular weight is 291 g/mol. The van der Waals surface area contributed by atoms with E-state index in [1.54, 1.807) is 12.1 Å². The summed E-state index contributed by atoms with van der Waals surface area (Å²) in [4.78, 5) is 2.56. The molecule has 0 radical (unpaired) electrons. The lowest BCUT2D eigenvalue weighted by atomic mass is 9.93. The zero-order valence-electron chi connectivity index (χ0n) is 13.0. The number of hydrazine groups is 1. The van der Waals surface area contributed by atoms with Gasteiger partial charge >= 0.3 is 0 Å². The van der Waals surface area contributed by atoms with E-state index in [2.05, 4.69) is 29.6 Å². The van der Waals surface area contributed by atoms with Crippen LogP contribution < -0.4 is 10.9 Å². The van der Waals surface area contributed by atoms with Crippen molar-refractivity contribution in [2.45, 2.75) is 44.7 Å². The Hall–Kier alpha value is -0.970. The summed E-state index contributed by atoms with van der Waals surface area (Å²) < 4.78 is 13.0. The van der Waals surface area contributed by atoms with Crippen LogP contribution in [-0.2, 0) is 0 Å². The molecule has 4 heteroatoms. The van der Waals surface area contributed by atoms with E-state index in [0.29, 0.717) is 23.9 Å². The Morgan fingerprint density at radius 3 is 2.48 bits per heavy atom. The molecular weight excluding hydrogens is 265 g/mol. The molecule has 0 aliphatic carbocycles. The van der Waals surface area contributed by atoms with E-state index in [1.807, 2.05) is 12.1 Å². The van der Waals surface area contributed by atoms with Gasteiger partial charge < -0.3 is 4.90 Å². The van der Waals surface area contributed by atoms with Crippen molar-refractivity contribution in [1.29, 1.82) is 0 Å². The van der Waals surface area contributed by atoms with Crippen LogP contribution >= 0.6 is 0 Å². The quantitative estimate of drug-likeness (QED) is 0.892. The van der Waals surface area contributed by atoms with Gasteiger partial charge in [-0.2, -0.15) is 0 Å². The molecule has 3 unspecified atom stereocenters. The summed E-state index contributed by atoms with van der Waals surface area (Å²) in [6.45, 7) is 7.96. The number of nitrogens with one attached hydrogen (secondary N) is 2. The molecule has 0 spiro atoms. The number of halogens is 1. The first-order valence-corrected chi connectivity index (χ1v) is 8.12. The van der Waals surface area contributed by atoms with Crippen LogP contribution in [0.1, 0.15) is 38.2 Å². The van der Waals surface area contributed by atoms with Crippen molar-refractivity contribution < 1.29 is 4.39 Å². The van der Waals surface area contributed by atoms with Crippen LogP contribution in [-0.4, -0.2) is 36.6 Å². The van der Waals surface area contributed by atoms with E-state index < -0.39 is 0 Å². The topological polar surface area (TPSA) is 27.3 Å². The van der Waals surface area contributed by atoms with Crippen molar-refractivity contribution in [2.24, 2.45) is 5.92 Å². The maximum Gasteiger partial charge on any atom is 0.123 e. The van der Waals surface area contributed by atoms with Gasteiger partial charge in [0.15, 0.2) is 0 Å². The number of benzene rings is 1. The minimum absolute atomic E-state index is 0.141. The predicted octanol–water partition coefficient (Wildman–Crippen LogP) is 2.51. The second kappa shape index (κ2) is 6.42. The molecule has 2 fully saturated rings. The fourth-order valence-corrected chi connectivity index (χ4v) is 3.78. The van der Waals surface area contributed by atoms with Crippen LogP contribution in [0.4, 0.5) is 4.39 Å². The molecule has 3 rings (SSSR count). The molecule has 1 aromatic carbocycles. The van der Waals surface area contributed by atoms with Crippen molar-refractivity contribution in [3.63, 3.8) is 0 Å². The van der Waals surface area contributed by atoms with Gasteiger partial charge in [-0.3, -0.25) is 10.9 Å². The smallest absolute Gasteiger partial charge is 0.123 e. The lowest BCUT2D eigenvalue weighted by molar-refractivity contribution is 0.284. The summed E-state index contributed by atoms with van der Waals surface area (Å²) in [5.74, 6) is 1.13. The number of likely N-dealkylation sites (tertiary alicyclic amines) is 1. The molecule has 21 heavy (non-hydrogen) atoms. The summed E-state index contributed by atoms with van der Waals surface area (Å²) in [7, 11) is 0. The zero-order valence-corrected chi connectivity index (χ0v) is 13.0. The van der Waals surface area contributed by atoms with Gasteiger partial charge in [-0.25, -0.2) is 4.39 Å². The molecule has 2 aliphatic heterocycles. The molecule has 0 aromatic heterocycles. The fourth-order valence-electron chi connectivity index (χ4n) is 3.78. The van der Waals surface area contributed by atoms with Crippen LogP contribution in [0.2, 0.25) is 0 Å². The maximum absolute atomic E-state index is 13.0. The van der Waals surface area contributed by atoms with E-state index in [0.717, 1.165) is 6.54 Å². The number of hydrogen-bond donors (Lipinski definition) is 2. The van der Waals surface area contributed by atoms with Gasteiger partial charge in [0.2, 0.25) is 0 Å². The summed E-state index contributed by atoms with van der Waals surface area (Å²) in [6.07, 6.45) is 2.43. The summed E-state index contributed by atoms with van der Waals surface area (Å²) in [5, 5.41) is 0. The van der Waals surface area contributed by atoms with Crippen molar-refractivity contribution in [1.82, 2.24) is 15.8 Å². The highest BCUT2D eigenvalue weighted by atomic mass is 19.1. The SMILES string of the molecule is CC1NNC(C)C1CCN1CCC(c2ccc(F)cc2)C1. The molecule has 2 aliphatic rings. The van der Waals surface area contributed by atoms with Gasteiger partial charge in [0.25, 0.3) is 0 Å². The lowest BCUT2D eigenvalue weighted by Gasteiger charge is -2.22. The normalized spacial score (nSPS) is 33.7. The van der Waals surface area contributed by atoms with Gasteiger partial charge in [-0.05, 0) is 69.3 Å². The molecule has 0 bridgehead atoms. The molecule has 0 saturated carbocycles. The van der Waals surface area contributed by atoms with Crippen LogP contribution in [0.25, 0.3) is 0 Å². The standard InChI is InChI=1S/C17H26FN3/c1-12-17(13(2)20-19-12)8-10-21-9-7-15(11-21)14-3-5-16(18)6-4-14/h3-6,12-13,15,17,19-20H,7-11H2,1-2H3. The fraction of sp³-hybridized carbons (Fsp3) is 0.647. The van der Waals surface area contributed by atoms with Crippen LogP contribution in [0, 0.1) is 11.7 Å². The van der Waals surface area contributed by atoms with E-state index >= 15 is 0 Å². The molecule has 2 heterocycles. The molecule has 116 valence electrons. The van der Waals surface area contributed by atoms with Crippen LogP contribution in [0.5, 0.6) is 0 Å². The highest BCUT2D eigenvalue weighted by molar-refractivity contribution is 5.21. The third-order valence-electron chi connectivity index (χ3n) is 5.22. The molecule has 0 amide bonds. The molecule has 3 atom stereocenters. The predicted molar refractivity (Wildman–Crippen MR) is 83.5 cm³/mol. The minimum atomic E-state index is -0.141. The second-order valence-corrected chi connectivity index (χ2v) is 6.66. The van der Waals surface area contributed by atoms with Gasteiger partial charge in [-0.1, -0.05) is 12.1 Å². The van der Waals surface area contributed by atoms with Gasteiger partial charge in [-0.15, -0.1) is 0 Å². The monoisotopic (exact) mass is 291 g/mol. The first-order chi connectivity index (χ1) is 10.1. The molecule has 2 N–H and O–H groups in total. The Kier molecular flexibility index (Phi) is 4.57. The highest BCUT2D eigenvalue weighted by Crippen LogP contribution is 2.28. The number of hydrogen-bond acceptors (Lipinski definition) is 3. The van der Waals surface area contributed by atoms with Gasteiger partial charge in [0.05, 0.1) is 0 Å². The summed E-state index contributed by atoms with van der Waals surface area (Å²) in [5.41, 5.74) is 7.94. The van der Waals surface area contributed by atoms with Gasteiger partial charge in [0, 0.05) is 18.6 Å². The van der Waals surface area contributed by atoms with E-state index in [4.69, 9.17) is 0 Å². The number of nitrogens with zero attached hydrogens (tertiary/aromatic N) is 1. The van der Waals surface area contributed by atoms with Gasteiger partial charge in [0.1, 0.15) is 5.82 Å². The van der Waals surface area contributed by atoms with Crippen molar-refractivity contribution >= 4 is 0 Å². The lowest BCUT2D eigenvalue weighted by Crippen LogP contribution is -2.30. The molecule has 1 aromatic rings. The second-order valence-electron chi connectivity index (χ2n) is 6.66. The van der Waals surface area contributed by atoms with Crippen molar-refractivity contribution in [3.8, 4) is 0 Å². The molecule has 3 nitrogen and oxygen atoms in total. The third-order valence-corrected chi connectivity index (χ3v) is 5.22. The minimum Gasteiger partial charge on any atom is -0.303 e. The first kappa shape index (κ1) is 14.9. The Balaban J connectivity index is 1.49. The third kappa shape index (κ3) is 3.44. The Morgan fingerprint density at radius 2 is 1.81 bits per heavy atom. The number of rotatable bonds is 4. The molecule has 2 saturated heterocycles. The summed E-state index contributed by atoms with van der Waals surface area (Å²) >= 11 is 0. The Bertz CT molecular complexity index is 452. The Morgan fingerprint density at radius 1 is 1.14 bits per heavy atom. The van der Waals surface area contributed by atoms with E-state index in [1.165, 1.54) is 31.5 Å². The summed E-state index contributed by atoms with van der Waals surface area (Å²) in [6, 6.07) is 8.15. The average Bonchev–Trinajstić information content (AvgIpc) is 3.06. The zero-order chi connectivity index (χ0) is 14.8. The van der Waals surface area contributed by atoms with Crippen LogP contribution in [0.3, 0.4) is 0 Å². The van der Waals surface area contributed by atoms with Crippen LogP contribution in [0.15, 0.2) is 24.3 Å². The van der Waals surface area contributed by atoms with E-state index in [9.17, 15) is 4.39 Å². The Labute approximate surface area is 126 Å². The molecular formula is C17H26FN3. The van der Waals surface area contributed by atoms with E-state index in [-0.39, 0.29) is 5.82 Å². The maximum atomic E-state index is 13.0. The van der Waals surface area contributed by atoms with Crippen molar-refractivity contribution in [3.05, 3.63) is 35.6 Å².